The zero-order chi connectivity index (χ0) is 22.1. The molecule has 1 amide bonds. The van der Waals surface area contributed by atoms with E-state index in [-0.39, 0.29) is 11.8 Å². The highest BCUT2D eigenvalue weighted by molar-refractivity contribution is 7.99. The molecule has 1 aromatic heterocycles. The lowest BCUT2D eigenvalue weighted by Crippen LogP contribution is -2.17. The van der Waals surface area contributed by atoms with Crippen molar-refractivity contribution in [2.45, 2.75) is 24.3 Å². The number of thioether (sulfide) groups is 1. The number of carbonyl (C=O) groups is 1. The van der Waals surface area contributed by atoms with Crippen LogP contribution >= 0.6 is 11.8 Å². The summed E-state index contributed by atoms with van der Waals surface area (Å²) in [4.78, 5) is 16.5. The van der Waals surface area contributed by atoms with Gasteiger partial charge in [-0.3, -0.25) is 4.79 Å². The second-order valence-electron chi connectivity index (χ2n) is 6.43. The predicted molar refractivity (Wildman–Crippen MR) is 102 cm³/mol. The Morgan fingerprint density at radius 2 is 1.57 bits per heavy atom. The van der Waals surface area contributed by atoms with Gasteiger partial charge in [0.2, 0.25) is 5.91 Å². The van der Waals surface area contributed by atoms with Crippen LogP contribution in [0.25, 0.3) is 10.9 Å². The maximum absolute atomic E-state index is 12.9. The summed E-state index contributed by atoms with van der Waals surface area (Å²) >= 11 is 1.03. The summed E-state index contributed by atoms with van der Waals surface area (Å²) < 4.78 is 77.5. The number of alkyl halides is 6. The van der Waals surface area contributed by atoms with E-state index in [0.717, 1.165) is 22.7 Å². The van der Waals surface area contributed by atoms with Crippen molar-refractivity contribution < 1.29 is 31.1 Å². The smallest absolute Gasteiger partial charge is 0.325 e. The Morgan fingerprint density at radius 3 is 2.17 bits per heavy atom. The van der Waals surface area contributed by atoms with Gasteiger partial charge in [0.25, 0.3) is 0 Å². The second-order valence-corrected chi connectivity index (χ2v) is 7.42. The van der Waals surface area contributed by atoms with E-state index in [2.05, 4.69) is 10.3 Å². The number of fused-ring (bicyclic) bond motifs is 1. The summed E-state index contributed by atoms with van der Waals surface area (Å²) in [6.45, 7) is 1.87. The number of pyridine rings is 1. The number of nitrogens with one attached hydrogen (secondary N) is 1. The van der Waals surface area contributed by atoms with Gasteiger partial charge in [0.15, 0.2) is 0 Å². The van der Waals surface area contributed by atoms with E-state index in [4.69, 9.17) is 0 Å². The van der Waals surface area contributed by atoms with Crippen LogP contribution in [0, 0.1) is 6.92 Å². The summed E-state index contributed by atoms with van der Waals surface area (Å²) in [7, 11) is 0. The fourth-order valence-corrected chi connectivity index (χ4v) is 3.53. The Bertz CT molecular complexity index is 1060. The fourth-order valence-electron chi connectivity index (χ4n) is 2.76. The SMILES string of the molecule is Cc1cc(SCC(=O)Nc2cc(C(F)(F)F)cc(C(F)(F)F)c2)nc2ccccc12. The van der Waals surface area contributed by atoms with E-state index in [1.807, 2.05) is 25.1 Å². The van der Waals surface area contributed by atoms with Gasteiger partial charge in [0.05, 0.1) is 27.4 Å². The Kier molecular flexibility index (Phi) is 5.98. The molecule has 3 aromatic rings. The third-order valence-corrected chi connectivity index (χ3v) is 5.03. The normalized spacial score (nSPS) is 12.2. The first-order chi connectivity index (χ1) is 13.9. The van der Waals surface area contributed by atoms with E-state index >= 15 is 0 Å². The van der Waals surface area contributed by atoms with Crippen LogP contribution in [-0.2, 0) is 17.1 Å². The van der Waals surface area contributed by atoms with Crippen LogP contribution in [-0.4, -0.2) is 16.6 Å². The van der Waals surface area contributed by atoms with Crippen molar-refractivity contribution >= 4 is 34.3 Å². The van der Waals surface area contributed by atoms with Crippen LogP contribution in [0.5, 0.6) is 0 Å². The Morgan fingerprint density at radius 1 is 0.967 bits per heavy atom. The van der Waals surface area contributed by atoms with Crippen LogP contribution in [0.1, 0.15) is 16.7 Å². The largest absolute Gasteiger partial charge is 0.416 e. The Hall–Kier alpha value is -2.75. The molecule has 0 saturated carbocycles. The van der Waals surface area contributed by atoms with Gasteiger partial charge in [0.1, 0.15) is 0 Å². The molecule has 0 aliphatic carbocycles. The number of aryl methyl sites for hydroxylation is 1. The zero-order valence-electron chi connectivity index (χ0n) is 15.4. The first-order valence-electron chi connectivity index (χ1n) is 8.52. The van der Waals surface area contributed by atoms with Gasteiger partial charge in [-0.25, -0.2) is 4.98 Å². The van der Waals surface area contributed by atoms with Gasteiger partial charge in [-0.05, 0) is 42.8 Å². The van der Waals surface area contributed by atoms with Crippen molar-refractivity contribution in [2.75, 3.05) is 11.1 Å². The number of nitrogens with zero attached hydrogens (tertiary/aromatic N) is 1. The van der Waals surface area contributed by atoms with Gasteiger partial charge in [-0.1, -0.05) is 30.0 Å². The lowest BCUT2D eigenvalue weighted by molar-refractivity contribution is -0.143. The standard InChI is InChI=1S/C20H14F6N2OS/c1-11-6-18(28-16-5-3-2-4-15(11)16)30-10-17(29)27-14-8-12(19(21,22)23)7-13(9-14)20(24,25)26/h2-9H,10H2,1H3,(H,27,29). The average Bonchev–Trinajstić information content (AvgIpc) is 2.65. The molecule has 0 saturated heterocycles. The fraction of sp³-hybridized carbons (Fsp3) is 0.200. The number of amides is 1. The second kappa shape index (κ2) is 8.17. The molecule has 1 heterocycles. The summed E-state index contributed by atoms with van der Waals surface area (Å²) in [6.07, 6.45) is -9.97. The molecule has 2 aromatic carbocycles. The minimum absolute atomic E-state index is 0.00613. The number of para-hydroxylation sites is 1. The van der Waals surface area contributed by atoms with E-state index in [9.17, 15) is 31.1 Å². The summed E-state index contributed by atoms with van der Waals surface area (Å²) in [6, 6.07) is 10.1. The molecule has 0 spiro atoms. The van der Waals surface area contributed by atoms with Gasteiger partial charge in [-0.15, -0.1) is 0 Å². The monoisotopic (exact) mass is 444 g/mol. The lowest BCUT2D eigenvalue weighted by atomic mass is 10.1. The molecule has 0 bridgehead atoms. The van der Waals surface area contributed by atoms with Crippen LogP contribution in [0.15, 0.2) is 53.6 Å². The van der Waals surface area contributed by atoms with Gasteiger partial charge >= 0.3 is 12.4 Å². The number of anilines is 1. The topological polar surface area (TPSA) is 42.0 Å². The molecular formula is C20H14F6N2OS. The summed E-state index contributed by atoms with van der Waals surface area (Å²) in [5.41, 5.74) is -1.92. The quantitative estimate of drug-likeness (QED) is 0.379. The average molecular weight is 444 g/mol. The van der Waals surface area contributed by atoms with Crippen LogP contribution < -0.4 is 5.32 Å². The highest BCUT2D eigenvalue weighted by Gasteiger charge is 2.37. The third-order valence-electron chi connectivity index (χ3n) is 4.12. The molecule has 0 aliphatic heterocycles. The molecule has 0 fully saturated rings. The molecular weight excluding hydrogens is 430 g/mol. The molecule has 10 heteroatoms. The van der Waals surface area contributed by atoms with Gasteiger partial charge in [0, 0.05) is 11.1 Å². The number of aromatic nitrogens is 1. The molecule has 3 nitrogen and oxygen atoms in total. The Balaban J connectivity index is 1.76. The molecule has 0 radical (unpaired) electrons. The van der Waals surface area contributed by atoms with Crippen molar-refractivity contribution in [2.24, 2.45) is 0 Å². The van der Waals surface area contributed by atoms with E-state index < -0.39 is 35.1 Å². The third kappa shape index (κ3) is 5.24. The molecule has 0 atom stereocenters. The Labute approximate surface area is 171 Å². The highest BCUT2D eigenvalue weighted by Crippen LogP contribution is 2.37. The number of hydrogen-bond donors (Lipinski definition) is 1. The first kappa shape index (κ1) is 21.9. The molecule has 0 unspecified atom stereocenters. The summed E-state index contributed by atoms with van der Waals surface area (Å²) in [5, 5.41) is 3.56. The first-order valence-corrected chi connectivity index (χ1v) is 9.50. The molecule has 3 rings (SSSR count). The van der Waals surface area contributed by atoms with Crippen molar-refractivity contribution in [1.82, 2.24) is 4.98 Å². The van der Waals surface area contributed by atoms with Crippen LogP contribution in [0.3, 0.4) is 0 Å². The summed E-state index contributed by atoms with van der Waals surface area (Å²) in [5.74, 6) is -0.984. The maximum Gasteiger partial charge on any atom is 0.416 e. The highest BCUT2D eigenvalue weighted by atomic mass is 32.2. The van der Waals surface area contributed by atoms with Crippen molar-refractivity contribution in [3.8, 4) is 0 Å². The van der Waals surface area contributed by atoms with Crippen LogP contribution in [0.2, 0.25) is 0 Å². The molecule has 0 aliphatic rings. The zero-order valence-corrected chi connectivity index (χ0v) is 16.2. The van der Waals surface area contributed by atoms with Crippen molar-refractivity contribution in [3.63, 3.8) is 0 Å². The van der Waals surface area contributed by atoms with Crippen molar-refractivity contribution in [1.29, 1.82) is 0 Å². The predicted octanol–water partition coefficient (Wildman–Crippen LogP) is 6.31. The number of halogens is 6. The minimum atomic E-state index is -4.98. The van der Waals surface area contributed by atoms with Crippen molar-refractivity contribution in [3.05, 3.63) is 65.2 Å². The van der Waals surface area contributed by atoms with E-state index in [1.165, 1.54) is 0 Å². The lowest BCUT2D eigenvalue weighted by Gasteiger charge is -2.14. The number of rotatable bonds is 4. The minimum Gasteiger partial charge on any atom is -0.325 e. The number of benzene rings is 2. The van der Waals surface area contributed by atoms with Gasteiger partial charge in [-0.2, -0.15) is 26.3 Å². The molecule has 1 N–H and O–H groups in total. The van der Waals surface area contributed by atoms with Gasteiger partial charge < -0.3 is 5.32 Å². The van der Waals surface area contributed by atoms with Crippen LogP contribution in [0.4, 0.5) is 32.0 Å². The molecule has 30 heavy (non-hydrogen) atoms. The number of carbonyl (C=O) groups excluding carboxylic acids is 1. The maximum atomic E-state index is 12.9. The number of hydrogen-bond acceptors (Lipinski definition) is 3. The van der Waals surface area contributed by atoms with E-state index in [0.29, 0.717) is 22.7 Å². The van der Waals surface area contributed by atoms with E-state index in [1.54, 1.807) is 12.1 Å². The molecule has 158 valence electrons.